The van der Waals surface area contributed by atoms with E-state index in [1.165, 1.54) is 0 Å². The van der Waals surface area contributed by atoms with E-state index in [0.717, 1.165) is 34.6 Å². The number of nitrogens with zero attached hydrogens (tertiary/aromatic N) is 6. The highest BCUT2D eigenvalue weighted by molar-refractivity contribution is 9.10. The van der Waals surface area contributed by atoms with Crippen molar-refractivity contribution in [3.8, 4) is 5.95 Å². The summed E-state index contributed by atoms with van der Waals surface area (Å²) in [6.07, 6.45) is 0. The zero-order valence-corrected chi connectivity index (χ0v) is 16.8. The average molecular weight is 430 g/mol. The molecule has 8 nitrogen and oxygen atoms in total. The number of ether oxygens (including phenoxy) is 1. The fraction of sp³-hybridized carbons (Fsp3) is 0.333. The van der Waals surface area contributed by atoms with Crippen molar-refractivity contribution >= 4 is 33.5 Å². The van der Waals surface area contributed by atoms with E-state index in [2.05, 4.69) is 46.2 Å². The monoisotopic (exact) mass is 429 g/mol. The maximum Gasteiger partial charge on any atom is 0.257 e. The lowest BCUT2D eigenvalue weighted by Crippen LogP contribution is -2.37. The first-order chi connectivity index (χ1) is 13.1. The number of hydrogen-bond acceptors (Lipinski definition) is 7. The molecule has 27 heavy (non-hydrogen) atoms. The number of morpholine rings is 1. The molecule has 0 aliphatic carbocycles. The Bertz CT molecular complexity index is 935. The Hall–Kier alpha value is -2.52. The summed E-state index contributed by atoms with van der Waals surface area (Å²) >= 11 is 3.45. The second kappa shape index (κ2) is 7.61. The molecule has 3 aromatic rings. The fourth-order valence-corrected chi connectivity index (χ4v) is 3.17. The molecule has 1 aromatic carbocycles. The molecule has 0 radical (unpaired) electrons. The first-order valence-electron chi connectivity index (χ1n) is 8.73. The smallest absolute Gasteiger partial charge is 0.257 e. The first kappa shape index (κ1) is 17.9. The molecule has 4 rings (SSSR count). The number of rotatable bonds is 4. The molecule has 0 unspecified atom stereocenters. The van der Waals surface area contributed by atoms with Crippen molar-refractivity contribution in [2.75, 3.05) is 36.5 Å². The predicted octanol–water partition coefficient (Wildman–Crippen LogP) is 3.02. The number of aromatic nitrogens is 5. The van der Waals surface area contributed by atoms with Crippen LogP contribution in [0.1, 0.15) is 11.4 Å². The lowest BCUT2D eigenvalue weighted by molar-refractivity contribution is 0.122. The Kier molecular flexibility index (Phi) is 5.04. The molecule has 1 saturated heterocycles. The number of benzene rings is 1. The van der Waals surface area contributed by atoms with Crippen LogP contribution in [0, 0.1) is 13.8 Å². The third kappa shape index (κ3) is 4.09. The van der Waals surface area contributed by atoms with Crippen LogP contribution in [0.3, 0.4) is 0 Å². The van der Waals surface area contributed by atoms with Crippen LogP contribution in [-0.2, 0) is 4.74 Å². The van der Waals surface area contributed by atoms with Gasteiger partial charge in [0.15, 0.2) is 0 Å². The maximum absolute atomic E-state index is 5.45. The van der Waals surface area contributed by atoms with Gasteiger partial charge in [0, 0.05) is 28.9 Å². The zero-order chi connectivity index (χ0) is 18.8. The number of nitrogens with one attached hydrogen (secondary N) is 1. The van der Waals surface area contributed by atoms with Crippen molar-refractivity contribution in [1.82, 2.24) is 24.7 Å². The number of hydrogen-bond donors (Lipinski definition) is 1. The quantitative estimate of drug-likeness (QED) is 0.682. The molecule has 0 saturated carbocycles. The summed E-state index contributed by atoms with van der Waals surface area (Å²) in [5.74, 6) is 1.60. The van der Waals surface area contributed by atoms with Gasteiger partial charge in [-0.05, 0) is 44.2 Å². The highest BCUT2D eigenvalue weighted by Crippen LogP contribution is 2.20. The van der Waals surface area contributed by atoms with Crippen LogP contribution in [0.2, 0.25) is 0 Å². The van der Waals surface area contributed by atoms with Crippen LogP contribution in [-0.4, -0.2) is 51.0 Å². The van der Waals surface area contributed by atoms with Crippen LogP contribution >= 0.6 is 15.9 Å². The van der Waals surface area contributed by atoms with Crippen molar-refractivity contribution in [3.63, 3.8) is 0 Å². The lowest BCUT2D eigenvalue weighted by atomic mass is 10.3. The first-order valence-corrected chi connectivity index (χ1v) is 9.53. The highest BCUT2D eigenvalue weighted by Gasteiger charge is 2.18. The molecular weight excluding hydrogens is 410 g/mol. The predicted molar refractivity (Wildman–Crippen MR) is 107 cm³/mol. The minimum Gasteiger partial charge on any atom is -0.378 e. The topological polar surface area (TPSA) is 81.0 Å². The van der Waals surface area contributed by atoms with Gasteiger partial charge in [0.2, 0.25) is 11.9 Å². The summed E-state index contributed by atoms with van der Waals surface area (Å²) < 4.78 is 8.20. The Labute approximate surface area is 165 Å². The van der Waals surface area contributed by atoms with E-state index in [9.17, 15) is 0 Å². The fourth-order valence-electron chi connectivity index (χ4n) is 2.90. The minimum absolute atomic E-state index is 0.483. The Morgan fingerprint density at radius 2 is 1.70 bits per heavy atom. The van der Waals surface area contributed by atoms with Crippen molar-refractivity contribution in [3.05, 3.63) is 46.2 Å². The number of aryl methyl sites for hydroxylation is 2. The van der Waals surface area contributed by atoms with Crippen LogP contribution in [0.5, 0.6) is 0 Å². The Morgan fingerprint density at radius 1 is 1.00 bits per heavy atom. The third-order valence-electron chi connectivity index (χ3n) is 4.21. The molecular formula is C18H20BrN7O. The van der Waals surface area contributed by atoms with Gasteiger partial charge in [-0.15, -0.1) is 0 Å². The van der Waals surface area contributed by atoms with E-state index >= 15 is 0 Å². The van der Waals surface area contributed by atoms with Gasteiger partial charge >= 0.3 is 0 Å². The van der Waals surface area contributed by atoms with Gasteiger partial charge in [0.05, 0.1) is 18.9 Å². The molecule has 0 atom stereocenters. The van der Waals surface area contributed by atoms with Gasteiger partial charge in [0.25, 0.3) is 5.95 Å². The number of anilines is 3. The van der Waals surface area contributed by atoms with Crippen LogP contribution < -0.4 is 10.2 Å². The Morgan fingerprint density at radius 3 is 2.37 bits per heavy atom. The van der Waals surface area contributed by atoms with Gasteiger partial charge in [-0.2, -0.15) is 20.1 Å². The molecule has 0 bridgehead atoms. The summed E-state index contributed by atoms with van der Waals surface area (Å²) in [6.45, 7) is 6.76. The second-order valence-electron chi connectivity index (χ2n) is 6.33. The molecule has 9 heteroatoms. The lowest BCUT2D eigenvalue weighted by Gasteiger charge is -2.27. The van der Waals surface area contributed by atoms with E-state index in [0.29, 0.717) is 31.1 Å². The third-order valence-corrected chi connectivity index (χ3v) is 4.73. The molecule has 1 N–H and O–H groups in total. The molecule has 3 heterocycles. The van der Waals surface area contributed by atoms with Gasteiger partial charge in [-0.1, -0.05) is 15.9 Å². The summed E-state index contributed by atoms with van der Waals surface area (Å²) in [6, 6.07) is 9.86. The molecule has 1 aliphatic rings. The summed E-state index contributed by atoms with van der Waals surface area (Å²) in [5, 5.41) is 7.78. The molecule has 2 aromatic heterocycles. The molecule has 0 spiro atoms. The standard InChI is InChI=1S/C18H20BrN7O/c1-12-11-13(2)26(24-12)18-22-16(20-15-5-3-14(19)4-6-15)21-17(23-18)25-7-9-27-10-8-25/h3-6,11H,7-10H2,1-2H3,(H,20,21,22,23). The van der Waals surface area contributed by atoms with Crippen molar-refractivity contribution in [2.45, 2.75) is 13.8 Å². The molecule has 140 valence electrons. The van der Waals surface area contributed by atoms with Crippen LogP contribution in [0.4, 0.5) is 17.6 Å². The number of halogens is 1. The molecule has 1 fully saturated rings. The normalized spacial score (nSPS) is 14.4. The zero-order valence-electron chi connectivity index (χ0n) is 15.2. The Balaban J connectivity index is 1.73. The van der Waals surface area contributed by atoms with Gasteiger partial charge in [-0.3, -0.25) is 0 Å². The maximum atomic E-state index is 5.45. The van der Waals surface area contributed by atoms with Gasteiger partial charge in [0.1, 0.15) is 0 Å². The van der Waals surface area contributed by atoms with Gasteiger partial charge < -0.3 is 15.0 Å². The second-order valence-corrected chi connectivity index (χ2v) is 7.24. The largest absolute Gasteiger partial charge is 0.378 e. The molecule has 0 amide bonds. The SMILES string of the molecule is Cc1cc(C)n(-c2nc(Nc3ccc(Br)cc3)nc(N3CCOCC3)n2)n1. The van der Waals surface area contributed by atoms with Crippen molar-refractivity contribution in [2.24, 2.45) is 0 Å². The average Bonchev–Trinajstić information content (AvgIpc) is 3.02. The summed E-state index contributed by atoms with van der Waals surface area (Å²) in [7, 11) is 0. The van der Waals surface area contributed by atoms with E-state index in [4.69, 9.17) is 4.74 Å². The van der Waals surface area contributed by atoms with Crippen molar-refractivity contribution in [1.29, 1.82) is 0 Å². The van der Waals surface area contributed by atoms with Crippen LogP contribution in [0.25, 0.3) is 5.95 Å². The van der Waals surface area contributed by atoms with E-state index in [1.54, 1.807) is 4.68 Å². The van der Waals surface area contributed by atoms with E-state index in [1.807, 2.05) is 44.2 Å². The summed E-state index contributed by atoms with van der Waals surface area (Å²) in [5.41, 5.74) is 2.79. The van der Waals surface area contributed by atoms with Crippen LogP contribution in [0.15, 0.2) is 34.8 Å². The van der Waals surface area contributed by atoms with Crippen molar-refractivity contribution < 1.29 is 4.74 Å². The van der Waals surface area contributed by atoms with E-state index in [-0.39, 0.29) is 0 Å². The minimum atomic E-state index is 0.483. The highest BCUT2D eigenvalue weighted by atomic mass is 79.9. The summed E-state index contributed by atoms with van der Waals surface area (Å²) in [4.78, 5) is 16.0. The van der Waals surface area contributed by atoms with Gasteiger partial charge in [-0.25, -0.2) is 4.68 Å². The molecule has 1 aliphatic heterocycles. The van der Waals surface area contributed by atoms with E-state index < -0.39 is 0 Å².